The molecule has 104 valence electrons. The lowest BCUT2D eigenvalue weighted by molar-refractivity contribution is -0.131. The van der Waals surface area contributed by atoms with Crippen molar-refractivity contribution in [2.24, 2.45) is 5.92 Å². The number of rotatable bonds is 4. The minimum Gasteiger partial charge on any atom is -0.342 e. The Kier molecular flexibility index (Phi) is 4.53. The molecule has 0 spiro atoms. The zero-order chi connectivity index (χ0) is 13.8. The Morgan fingerprint density at radius 2 is 2.37 bits per heavy atom. The van der Waals surface area contributed by atoms with Crippen LogP contribution in [0.15, 0.2) is 24.3 Å². The fourth-order valence-electron chi connectivity index (χ4n) is 2.68. The van der Waals surface area contributed by atoms with Crippen molar-refractivity contribution in [2.75, 3.05) is 26.7 Å². The first kappa shape index (κ1) is 14.0. The van der Waals surface area contributed by atoms with Crippen molar-refractivity contribution in [3.63, 3.8) is 0 Å². The third kappa shape index (κ3) is 3.32. The van der Waals surface area contributed by atoms with E-state index in [0.29, 0.717) is 5.92 Å². The molecule has 0 aliphatic carbocycles. The smallest absolute Gasteiger partial charge is 0.229 e. The standard InChI is InChI=1S/C15H21FN2O/c1-11(13-4-3-5-14(16)8-13)15(19)18-7-6-12(10-18)9-17-2/h3-5,8,11-12,17H,6-7,9-10H2,1-2H3. The Bertz CT molecular complexity index is 450. The van der Waals surface area contributed by atoms with Crippen molar-refractivity contribution < 1.29 is 9.18 Å². The van der Waals surface area contributed by atoms with Crippen LogP contribution in [0, 0.1) is 11.7 Å². The van der Waals surface area contributed by atoms with Crippen LogP contribution in [0.25, 0.3) is 0 Å². The number of hydrogen-bond donors (Lipinski definition) is 1. The molecule has 1 aliphatic rings. The number of amides is 1. The number of carbonyl (C=O) groups is 1. The van der Waals surface area contributed by atoms with Crippen LogP contribution < -0.4 is 5.32 Å². The zero-order valence-electron chi connectivity index (χ0n) is 11.5. The molecule has 2 unspecified atom stereocenters. The quantitative estimate of drug-likeness (QED) is 0.902. The van der Waals surface area contributed by atoms with Gasteiger partial charge in [-0.15, -0.1) is 0 Å². The lowest BCUT2D eigenvalue weighted by atomic mass is 10.00. The van der Waals surface area contributed by atoms with Crippen LogP contribution in [0.4, 0.5) is 4.39 Å². The second-order valence-electron chi connectivity index (χ2n) is 5.27. The molecular weight excluding hydrogens is 243 g/mol. The molecule has 1 aromatic carbocycles. The number of carbonyl (C=O) groups excluding carboxylic acids is 1. The maximum atomic E-state index is 13.2. The topological polar surface area (TPSA) is 32.3 Å². The van der Waals surface area contributed by atoms with E-state index in [1.54, 1.807) is 6.07 Å². The molecule has 2 atom stereocenters. The van der Waals surface area contributed by atoms with Gasteiger partial charge in [-0.25, -0.2) is 4.39 Å². The van der Waals surface area contributed by atoms with Crippen LogP contribution >= 0.6 is 0 Å². The molecule has 1 fully saturated rings. The number of benzene rings is 1. The highest BCUT2D eigenvalue weighted by Crippen LogP contribution is 2.23. The third-order valence-electron chi connectivity index (χ3n) is 3.81. The van der Waals surface area contributed by atoms with Crippen molar-refractivity contribution in [3.05, 3.63) is 35.6 Å². The summed E-state index contributed by atoms with van der Waals surface area (Å²) in [7, 11) is 1.93. The Balaban J connectivity index is 2.00. The van der Waals surface area contributed by atoms with Gasteiger partial charge < -0.3 is 10.2 Å². The largest absolute Gasteiger partial charge is 0.342 e. The van der Waals surface area contributed by atoms with E-state index in [9.17, 15) is 9.18 Å². The second-order valence-corrected chi connectivity index (χ2v) is 5.27. The molecule has 1 amide bonds. The van der Waals surface area contributed by atoms with E-state index in [1.165, 1.54) is 12.1 Å². The highest BCUT2D eigenvalue weighted by molar-refractivity contribution is 5.83. The van der Waals surface area contributed by atoms with Crippen molar-refractivity contribution in [2.45, 2.75) is 19.3 Å². The van der Waals surface area contributed by atoms with Crippen LogP contribution in [0.1, 0.15) is 24.8 Å². The van der Waals surface area contributed by atoms with Gasteiger partial charge in [0, 0.05) is 13.1 Å². The van der Waals surface area contributed by atoms with Gasteiger partial charge in [0.15, 0.2) is 0 Å². The Morgan fingerprint density at radius 1 is 1.58 bits per heavy atom. The zero-order valence-corrected chi connectivity index (χ0v) is 11.5. The number of hydrogen-bond acceptors (Lipinski definition) is 2. The van der Waals surface area contributed by atoms with Crippen molar-refractivity contribution in [1.82, 2.24) is 10.2 Å². The summed E-state index contributed by atoms with van der Waals surface area (Å²) in [6.45, 7) is 4.41. The van der Waals surface area contributed by atoms with Gasteiger partial charge in [0.1, 0.15) is 5.82 Å². The van der Waals surface area contributed by atoms with Crippen LogP contribution in [-0.4, -0.2) is 37.5 Å². The Hall–Kier alpha value is -1.42. The maximum Gasteiger partial charge on any atom is 0.229 e. The van der Waals surface area contributed by atoms with Crippen molar-refractivity contribution in [3.8, 4) is 0 Å². The molecule has 2 rings (SSSR count). The van der Waals surface area contributed by atoms with E-state index in [4.69, 9.17) is 0 Å². The van der Waals surface area contributed by atoms with Gasteiger partial charge in [0.2, 0.25) is 5.91 Å². The van der Waals surface area contributed by atoms with Crippen molar-refractivity contribution in [1.29, 1.82) is 0 Å². The summed E-state index contributed by atoms with van der Waals surface area (Å²) in [6, 6.07) is 6.32. The van der Waals surface area contributed by atoms with E-state index >= 15 is 0 Å². The van der Waals surface area contributed by atoms with Crippen LogP contribution in [0.3, 0.4) is 0 Å². The average molecular weight is 264 g/mol. The molecule has 3 nitrogen and oxygen atoms in total. The molecule has 1 heterocycles. The van der Waals surface area contributed by atoms with E-state index in [0.717, 1.165) is 31.6 Å². The molecule has 0 saturated carbocycles. The first-order valence-corrected chi connectivity index (χ1v) is 6.80. The van der Waals surface area contributed by atoms with Gasteiger partial charge in [-0.2, -0.15) is 0 Å². The SMILES string of the molecule is CNCC1CCN(C(=O)C(C)c2cccc(F)c2)C1. The van der Waals surface area contributed by atoms with E-state index in [1.807, 2.05) is 24.9 Å². The van der Waals surface area contributed by atoms with Gasteiger partial charge in [-0.1, -0.05) is 12.1 Å². The number of nitrogens with one attached hydrogen (secondary N) is 1. The molecule has 4 heteroatoms. The molecule has 1 saturated heterocycles. The molecular formula is C15H21FN2O. The summed E-state index contributed by atoms with van der Waals surface area (Å²) in [6.07, 6.45) is 1.04. The minimum absolute atomic E-state index is 0.101. The average Bonchev–Trinajstić information content (AvgIpc) is 2.86. The maximum absolute atomic E-state index is 13.2. The Labute approximate surface area is 113 Å². The summed E-state index contributed by atoms with van der Waals surface area (Å²) in [5.74, 6) is 0.0773. The molecule has 19 heavy (non-hydrogen) atoms. The van der Waals surface area contributed by atoms with Crippen LogP contribution in [-0.2, 0) is 4.79 Å². The number of nitrogens with zero attached hydrogens (tertiary/aromatic N) is 1. The highest BCUT2D eigenvalue weighted by atomic mass is 19.1. The number of likely N-dealkylation sites (tertiary alicyclic amines) is 1. The van der Waals surface area contributed by atoms with E-state index in [-0.39, 0.29) is 17.6 Å². The fourth-order valence-corrected chi connectivity index (χ4v) is 2.68. The van der Waals surface area contributed by atoms with E-state index < -0.39 is 0 Å². The molecule has 0 aromatic heterocycles. The molecule has 0 bridgehead atoms. The molecule has 1 N–H and O–H groups in total. The fraction of sp³-hybridized carbons (Fsp3) is 0.533. The van der Waals surface area contributed by atoms with Crippen molar-refractivity contribution >= 4 is 5.91 Å². The molecule has 1 aliphatic heterocycles. The summed E-state index contributed by atoms with van der Waals surface area (Å²) in [5, 5.41) is 3.15. The van der Waals surface area contributed by atoms with Gasteiger partial charge in [0.25, 0.3) is 0 Å². The van der Waals surface area contributed by atoms with E-state index in [2.05, 4.69) is 5.32 Å². The molecule has 0 radical (unpaired) electrons. The molecule has 1 aromatic rings. The Morgan fingerprint density at radius 3 is 3.05 bits per heavy atom. The monoisotopic (exact) mass is 264 g/mol. The predicted molar refractivity (Wildman–Crippen MR) is 73.4 cm³/mol. The minimum atomic E-state index is -0.286. The lowest BCUT2D eigenvalue weighted by Gasteiger charge is -2.21. The highest BCUT2D eigenvalue weighted by Gasteiger charge is 2.29. The van der Waals surface area contributed by atoms with Gasteiger partial charge in [0.05, 0.1) is 5.92 Å². The van der Waals surface area contributed by atoms with Crippen LogP contribution in [0.2, 0.25) is 0 Å². The summed E-state index contributed by atoms with van der Waals surface area (Å²) >= 11 is 0. The predicted octanol–water partition coefficient (Wildman–Crippen LogP) is 2.00. The summed E-state index contributed by atoms with van der Waals surface area (Å²) in [5.41, 5.74) is 0.752. The summed E-state index contributed by atoms with van der Waals surface area (Å²) in [4.78, 5) is 14.3. The lowest BCUT2D eigenvalue weighted by Crippen LogP contribution is -2.33. The van der Waals surface area contributed by atoms with Gasteiger partial charge >= 0.3 is 0 Å². The first-order valence-electron chi connectivity index (χ1n) is 6.80. The number of halogens is 1. The van der Waals surface area contributed by atoms with Crippen LogP contribution in [0.5, 0.6) is 0 Å². The first-order chi connectivity index (χ1) is 9.11. The van der Waals surface area contributed by atoms with Gasteiger partial charge in [-0.3, -0.25) is 4.79 Å². The normalized spacial score (nSPS) is 20.6. The third-order valence-corrected chi connectivity index (χ3v) is 3.81. The second kappa shape index (κ2) is 6.15. The van der Waals surface area contributed by atoms with Gasteiger partial charge in [-0.05, 0) is 50.6 Å². The summed E-state index contributed by atoms with van der Waals surface area (Å²) < 4.78 is 13.2.